The zero-order chi connectivity index (χ0) is 5.98. The number of aromatic nitrogens is 2. The van der Waals surface area contributed by atoms with E-state index in [2.05, 4.69) is 25.6 Å². The Bertz CT molecular complexity index is 172. The second-order valence-electron chi connectivity index (χ2n) is 1.47. The van der Waals surface area contributed by atoms with E-state index in [0.29, 0.717) is 0 Å². The van der Waals surface area contributed by atoms with E-state index in [1.54, 1.807) is 4.68 Å². The number of hydrogen-bond donors (Lipinski definition) is 1. The van der Waals surface area contributed by atoms with E-state index in [9.17, 15) is 0 Å². The molecule has 4 heteroatoms. The highest BCUT2D eigenvalue weighted by atomic mass is 79.9. The summed E-state index contributed by atoms with van der Waals surface area (Å²) in [5.41, 5.74) is 0. The topological polar surface area (TPSA) is 29.9 Å². The molecule has 1 rings (SSSR count). The van der Waals surface area contributed by atoms with Gasteiger partial charge >= 0.3 is 0 Å². The molecule has 1 aromatic rings. The summed E-state index contributed by atoms with van der Waals surface area (Å²) < 4.78 is 4.45. The zero-order valence-corrected chi connectivity index (χ0v) is 6.01. The van der Waals surface area contributed by atoms with Crippen LogP contribution in [0.5, 0.6) is 0 Å². The summed E-state index contributed by atoms with van der Waals surface area (Å²) >= 11 is 3.04. The van der Waals surface area contributed by atoms with E-state index in [1.165, 1.54) is 0 Å². The molecule has 1 N–H and O–H groups in total. The Balaban J connectivity index is 2.84. The van der Waals surface area contributed by atoms with E-state index < -0.39 is 0 Å². The molecular formula is C4H6BrN3. The van der Waals surface area contributed by atoms with Crippen molar-refractivity contribution in [3.05, 3.63) is 12.3 Å². The SMILES string of the molecule is Cn1ccc(NBr)n1. The molecule has 44 valence electrons. The monoisotopic (exact) mass is 175 g/mol. The van der Waals surface area contributed by atoms with Gasteiger partial charge in [0.15, 0.2) is 5.82 Å². The van der Waals surface area contributed by atoms with Crippen LogP contribution in [0.15, 0.2) is 12.3 Å². The van der Waals surface area contributed by atoms with Crippen LogP contribution in [-0.2, 0) is 7.05 Å². The van der Waals surface area contributed by atoms with Crippen LogP contribution in [0.3, 0.4) is 0 Å². The molecule has 0 fully saturated rings. The minimum absolute atomic E-state index is 0.826. The molecule has 0 aliphatic carbocycles. The minimum Gasteiger partial charge on any atom is -0.305 e. The van der Waals surface area contributed by atoms with E-state index in [1.807, 2.05) is 19.3 Å². The van der Waals surface area contributed by atoms with Crippen molar-refractivity contribution in [3.8, 4) is 0 Å². The summed E-state index contributed by atoms with van der Waals surface area (Å²) in [5, 5.41) is 3.99. The van der Waals surface area contributed by atoms with Crippen LogP contribution in [-0.4, -0.2) is 9.78 Å². The second-order valence-corrected chi connectivity index (χ2v) is 1.87. The highest BCUT2D eigenvalue weighted by molar-refractivity contribution is 9.10. The smallest absolute Gasteiger partial charge is 0.157 e. The van der Waals surface area contributed by atoms with Crippen molar-refractivity contribution >= 4 is 22.0 Å². The fourth-order valence-corrected chi connectivity index (χ4v) is 0.677. The van der Waals surface area contributed by atoms with Gasteiger partial charge in [-0.1, -0.05) is 0 Å². The first kappa shape index (κ1) is 5.62. The molecule has 0 aromatic carbocycles. The van der Waals surface area contributed by atoms with Crippen molar-refractivity contribution in [2.75, 3.05) is 4.34 Å². The molecule has 0 atom stereocenters. The summed E-state index contributed by atoms with van der Waals surface area (Å²) in [6.07, 6.45) is 1.86. The van der Waals surface area contributed by atoms with Crippen LogP contribution in [0.1, 0.15) is 0 Å². The van der Waals surface area contributed by atoms with Crippen molar-refractivity contribution < 1.29 is 0 Å². The third kappa shape index (κ3) is 1.01. The first-order valence-electron chi connectivity index (χ1n) is 2.19. The molecule has 0 amide bonds. The zero-order valence-electron chi connectivity index (χ0n) is 4.43. The maximum atomic E-state index is 3.99. The minimum atomic E-state index is 0.826. The summed E-state index contributed by atoms with van der Waals surface area (Å²) in [5.74, 6) is 0.826. The van der Waals surface area contributed by atoms with Gasteiger partial charge in [-0.15, -0.1) is 0 Å². The summed E-state index contributed by atoms with van der Waals surface area (Å²) in [6.45, 7) is 0. The molecule has 0 bridgehead atoms. The Labute approximate surface area is 56.0 Å². The second kappa shape index (κ2) is 2.17. The number of rotatable bonds is 1. The number of hydrogen-bond acceptors (Lipinski definition) is 2. The number of nitrogens with zero attached hydrogens (tertiary/aromatic N) is 2. The molecule has 0 saturated carbocycles. The molecule has 1 aromatic heterocycles. The van der Waals surface area contributed by atoms with Gasteiger partial charge in [0.1, 0.15) is 0 Å². The molecule has 0 aliphatic heterocycles. The summed E-state index contributed by atoms with van der Waals surface area (Å²) in [4.78, 5) is 0. The van der Waals surface area contributed by atoms with Gasteiger partial charge in [-0.2, -0.15) is 5.10 Å². The van der Waals surface area contributed by atoms with Crippen molar-refractivity contribution in [2.45, 2.75) is 0 Å². The van der Waals surface area contributed by atoms with Crippen LogP contribution < -0.4 is 4.34 Å². The number of halogens is 1. The Hall–Kier alpha value is -0.510. The van der Waals surface area contributed by atoms with Crippen LogP contribution in [0.4, 0.5) is 5.82 Å². The highest BCUT2D eigenvalue weighted by Gasteiger charge is 1.88. The summed E-state index contributed by atoms with van der Waals surface area (Å²) in [7, 11) is 1.87. The summed E-state index contributed by atoms with van der Waals surface area (Å²) in [6, 6.07) is 1.87. The Kier molecular flexibility index (Phi) is 1.53. The first-order chi connectivity index (χ1) is 3.83. The van der Waals surface area contributed by atoms with Crippen molar-refractivity contribution in [1.82, 2.24) is 9.78 Å². The Morgan fingerprint density at radius 1 is 1.88 bits per heavy atom. The number of nitrogens with one attached hydrogen (secondary N) is 1. The van der Waals surface area contributed by atoms with E-state index in [-0.39, 0.29) is 0 Å². The Morgan fingerprint density at radius 3 is 2.88 bits per heavy atom. The van der Waals surface area contributed by atoms with Gasteiger partial charge in [0.2, 0.25) is 0 Å². The van der Waals surface area contributed by atoms with Gasteiger partial charge in [0.05, 0.1) is 0 Å². The molecule has 0 saturated heterocycles. The number of aryl methyl sites for hydroxylation is 1. The fourth-order valence-electron chi connectivity index (χ4n) is 0.465. The highest BCUT2D eigenvalue weighted by Crippen LogP contribution is 2.01. The molecule has 0 radical (unpaired) electrons. The van der Waals surface area contributed by atoms with Crippen molar-refractivity contribution in [1.29, 1.82) is 0 Å². The molecule has 3 nitrogen and oxygen atoms in total. The lowest BCUT2D eigenvalue weighted by Crippen LogP contribution is -1.87. The maximum Gasteiger partial charge on any atom is 0.157 e. The van der Waals surface area contributed by atoms with Gasteiger partial charge in [0.25, 0.3) is 0 Å². The third-order valence-electron chi connectivity index (χ3n) is 0.810. The predicted molar refractivity (Wildman–Crippen MR) is 35.8 cm³/mol. The molecule has 8 heavy (non-hydrogen) atoms. The van der Waals surface area contributed by atoms with Crippen molar-refractivity contribution in [2.24, 2.45) is 7.05 Å². The lowest BCUT2D eigenvalue weighted by atomic mass is 10.7. The largest absolute Gasteiger partial charge is 0.305 e. The van der Waals surface area contributed by atoms with Gasteiger partial charge < -0.3 is 4.34 Å². The third-order valence-corrected chi connectivity index (χ3v) is 1.22. The molecule has 0 aliphatic rings. The normalized spacial score (nSPS) is 9.25. The average Bonchev–Trinajstić information content (AvgIpc) is 2.14. The molecule has 0 spiro atoms. The lowest BCUT2D eigenvalue weighted by Gasteiger charge is -1.85. The molecule has 0 unspecified atom stereocenters. The van der Waals surface area contributed by atoms with Gasteiger partial charge in [-0.05, 0) is 0 Å². The fraction of sp³-hybridized carbons (Fsp3) is 0.250. The van der Waals surface area contributed by atoms with Crippen LogP contribution >= 0.6 is 16.1 Å². The standard InChI is InChI=1S/C4H6BrN3/c1-8-3-2-4(6-5)7-8/h2-3H,1H3,(H,6,7). The van der Waals surface area contributed by atoms with E-state index in [4.69, 9.17) is 0 Å². The van der Waals surface area contributed by atoms with Crippen molar-refractivity contribution in [3.63, 3.8) is 0 Å². The van der Waals surface area contributed by atoms with Gasteiger partial charge in [-0.25, -0.2) is 0 Å². The molecular weight excluding hydrogens is 170 g/mol. The van der Waals surface area contributed by atoms with Crippen LogP contribution in [0.2, 0.25) is 0 Å². The van der Waals surface area contributed by atoms with Crippen LogP contribution in [0.25, 0.3) is 0 Å². The van der Waals surface area contributed by atoms with E-state index in [0.717, 1.165) is 5.82 Å². The predicted octanol–water partition coefficient (Wildman–Crippen LogP) is 1.14. The first-order valence-corrected chi connectivity index (χ1v) is 2.98. The lowest BCUT2D eigenvalue weighted by molar-refractivity contribution is 0.772. The quantitative estimate of drug-likeness (QED) is 0.650. The van der Waals surface area contributed by atoms with Gasteiger partial charge in [0, 0.05) is 35.5 Å². The molecule has 1 heterocycles. The maximum absolute atomic E-state index is 3.99. The van der Waals surface area contributed by atoms with Crippen LogP contribution in [0, 0.1) is 0 Å². The average molecular weight is 176 g/mol. The van der Waals surface area contributed by atoms with Gasteiger partial charge in [-0.3, -0.25) is 4.68 Å². The van der Waals surface area contributed by atoms with E-state index >= 15 is 0 Å². The Morgan fingerprint density at radius 2 is 2.62 bits per heavy atom. The number of anilines is 1.